The van der Waals surface area contributed by atoms with Crippen LogP contribution in [0.2, 0.25) is 0 Å². The molecule has 1 N–H and O–H groups in total. The lowest BCUT2D eigenvalue weighted by molar-refractivity contribution is -0.139. The number of methoxy groups -OCH3 is 2. The van der Waals surface area contributed by atoms with Gasteiger partial charge in [0.05, 0.1) is 36.0 Å². The first-order valence-electron chi connectivity index (χ1n) is 13.9. The summed E-state index contributed by atoms with van der Waals surface area (Å²) in [6.07, 6.45) is 8.24. The molecule has 37 heavy (non-hydrogen) atoms. The first kappa shape index (κ1) is 24.2. The Hall–Kier alpha value is -1.86. The van der Waals surface area contributed by atoms with Crippen molar-refractivity contribution in [3.63, 3.8) is 0 Å². The Balaban J connectivity index is 1.36. The molecule has 4 bridgehead atoms. The van der Waals surface area contributed by atoms with E-state index >= 15 is 0 Å². The van der Waals surface area contributed by atoms with Crippen molar-refractivity contribution in [2.24, 2.45) is 34.5 Å². The summed E-state index contributed by atoms with van der Waals surface area (Å²) in [7, 11) is 2.00. The van der Waals surface area contributed by atoms with Crippen molar-refractivity contribution in [1.82, 2.24) is 4.90 Å². The summed E-state index contributed by atoms with van der Waals surface area (Å²) >= 11 is 0. The fourth-order valence-electron chi connectivity index (χ4n) is 10.3. The lowest BCUT2D eigenvalue weighted by Gasteiger charge is -2.47. The van der Waals surface area contributed by atoms with Gasteiger partial charge >= 0.3 is 0 Å². The standard InChI is InChI=1S/C30H39NO5S/c1-27(2)19-8-10-30(27,24(32)14-19)37(34)16-29-20-7-6-18(12-20)25(29)28(3)21-15-23(36-5)22(35-4)13-17(21)9-11-31(28)26(29)33/h6-7,13,15,18-20,24-25,32H,8-12,14,16H2,1-5H3/t18-,19-,20+,24-,25+,28+,29+,30-,37?/m1/s1. The van der Waals surface area contributed by atoms with E-state index in [1.165, 1.54) is 5.56 Å². The molecule has 4 fully saturated rings. The quantitative estimate of drug-likeness (QED) is 0.592. The molecule has 1 unspecified atom stereocenters. The van der Waals surface area contributed by atoms with E-state index in [0.717, 1.165) is 43.4 Å². The predicted molar refractivity (Wildman–Crippen MR) is 142 cm³/mol. The maximum absolute atomic E-state index is 14.7. The van der Waals surface area contributed by atoms with Crippen molar-refractivity contribution in [2.75, 3.05) is 26.5 Å². The molecule has 0 aromatic heterocycles. The summed E-state index contributed by atoms with van der Waals surface area (Å²) in [5.74, 6) is 2.73. The molecule has 200 valence electrons. The van der Waals surface area contributed by atoms with E-state index in [4.69, 9.17) is 9.47 Å². The Labute approximate surface area is 222 Å². The van der Waals surface area contributed by atoms with Crippen LogP contribution in [0, 0.1) is 34.5 Å². The monoisotopic (exact) mass is 525 g/mol. The van der Waals surface area contributed by atoms with Gasteiger partial charge in [-0.25, -0.2) is 0 Å². The third-order valence-electron chi connectivity index (χ3n) is 12.1. The molecule has 1 amide bonds. The second-order valence-electron chi connectivity index (χ2n) is 13.2. The minimum atomic E-state index is -1.32. The zero-order valence-electron chi connectivity index (χ0n) is 22.6. The van der Waals surface area contributed by atoms with Crippen molar-refractivity contribution < 1.29 is 23.6 Å². The van der Waals surface area contributed by atoms with Gasteiger partial charge in [0.2, 0.25) is 5.91 Å². The van der Waals surface area contributed by atoms with Crippen LogP contribution in [0.1, 0.15) is 57.6 Å². The smallest absolute Gasteiger partial charge is 0.231 e. The minimum Gasteiger partial charge on any atom is -0.493 e. The molecular weight excluding hydrogens is 486 g/mol. The van der Waals surface area contributed by atoms with Gasteiger partial charge in [-0.15, -0.1) is 0 Å². The second-order valence-corrected chi connectivity index (χ2v) is 14.9. The van der Waals surface area contributed by atoms with E-state index < -0.39 is 32.6 Å². The lowest BCUT2D eigenvalue weighted by atomic mass is 9.63. The van der Waals surface area contributed by atoms with E-state index in [2.05, 4.69) is 50.0 Å². The van der Waals surface area contributed by atoms with E-state index in [1.807, 2.05) is 0 Å². The van der Waals surface area contributed by atoms with Gasteiger partial charge in [0.1, 0.15) is 0 Å². The van der Waals surface area contributed by atoms with Crippen molar-refractivity contribution in [3.8, 4) is 11.5 Å². The number of rotatable bonds is 5. The maximum Gasteiger partial charge on any atom is 0.231 e. The van der Waals surface area contributed by atoms with Crippen LogP contribution in [-0.4, -0.2) is 57.5 Å². The van der Waals surface area contributed by atoms with Crippen molar-refractivity contribution in [3.05, 3.63) is 35.4 Å². The first-order chi connectivity index (χ1) is 17.6. The van der Waals surface area contributed by atoms with Crippen molar-refractivity contribution in [2.45, 2.75) is 69.3 Å². The minimum absolute atomic E-state index is 0.0406. The van der Waals surface area contributed by atoms with E-state index in [-0.39, 0.29) is 29.1 Å². The van der Waals surface area contributed by atoms with Gasteiger partial charge in [-0.1, -0.05) is 26.0 Å². The van der Waals surface area contributed by atoms with Crippen molar-refractivity contribution in [1.29, 1.82) is 0 Å². The summed E-state index contributed by atoms with van der Waals surface area (Å²) in [5.41, 5.74) is 0.963. The number of aliphatic hydroxyl groups excluding tert-OH is 1. The van der Waals surface area contributed by atoms with Crippen LogP contribution >= 0.6 is 0 Å². The second kappa shape index (κ2) is 7.41. The predicted octanol–water partition coefficient (Wildman–Crippen LogP) is 3.81. The molecule has 2 aliphatic heterocycles. The largest absolute Gasteiger partial charge is 0.493 e. The van der Waals surface area contributed by atoms with Gasteiger partial charge in [-0.3, -0.25) is 9.00 Å². The fourth-order valence-corrected chi connectivity index (χ4v) is 13.0. The number of carbonyl (C=O) groups excluding carboxylic acids is 1. The zero-order chi connectivity index (χ0) is 26.1. The van der Waals surface area contributed by atoms with Crippen LogP contribution in [0.5, 0.6) is 11.5 Å². The highest BCUT2D eigenvalue weighted by atomic mass is 32.2. The van der Waals surface area contributed by atoms with E-state index in [0.29, 0.717) is 24.0 Å². The van der Waals surface area contributed by atoms with Gasteiger partial charge in [0.15, 0.2) is 11.5 Å². The summed E-state index contributed by atoms with van der Waals surface area (Å²) < 4.78 is 25.3. The number of ether oxygens (including phenoxy) is 2. The molecule has 6 aliphatic rings. The van der Waals surface area contributed by atoms with Gasteiger partial charge in [-0.05, 0) is 85.5 Å². The Kier molecular flexibility index (Phi) is 4.85. The Morgan fingerprint density at radius 1 is 1.11 bits per heavy atom. The molecule has 7 rings (SSSR count). The van der Waals surface area contributed by atoms with E-state index in [9.17, 15) is 14.1 Å². The molecular formula is C30H39NO5S. The van der Waals surface area contributed by atoms with Crippen LogP contribution in [0.3, 0.4) is 0 Å². The summed E-state index contributed by atoms with van der Waals surface area (Å²) in [5, 5.41) is 11.3. The molecule has 7 heteroatoms. The Morgan fingerprint density at radius 3 is 2.49 bits per heavy atom. The number of amides is 1. The molecule has 1 aromatic rings. The molecule has 9 atom stereocenters. The van der Waals surface area contributed by atoms with Gasteiger partial charge < -0.3 is 19.5 Å². The highest BCUT2D eigenvalue weighted by molar-refractivity contribution is 7.86. The number of nitrogens with zero attached hydrogens (tertiary/aromatic N) is 1. The number of carbonyl (C=O) groups is 1. The highest BCUT2D eigenvalue weighted by Gasteiger charge is 2.76. The normalized spacial score (nSPS) is 44.6. The molecule has 4 aliphatic carbocycles. The summed E-state index contributed by atoms with van der Waals surface area (Å²) in [6, 6.07) is 4.16. The number of benzene rings is 1. The van der Waals surface area contributed by atoms with Gasteiger partial charge in [0.25, 0.3) is 0 Å². The molecule has 6 nitrogen and oxygen atoms in total. The average Bonchev–Trinajstić information content (AvgIpc) is 3.62. The third-order valence-corrected chi connectivity index (χ3v) is 14.7. The van der Waals surface area contributed by atoms with Crippen LogP contribution in [0.25, 0.3) is 0 Å². The number of fused-ring (bicyclic) bond motifs is 11. The topological polar surface area (TPSA) is 76.1 Å². The third kappa shape index (κ3) is 2.53. The lowest BCUT2D eigenvalue weighted by Crippen LogP contribution is -2.55. The maximum atomic E-state index is 14.7. The molecule has 1 saturated heterocycles. The molecule has 1 aromatic carbocycles. The molecule has 0 radical (unpaired) electrons. The van der Waals surface area contributed by atoms with Crippen LogP contribution in [-0.2, 0) is 27.6 Å². The summed E-state index contributed by atoms with van der Waals surface area (Å²) in [6.45, 7) is 7.29. The number of allylic oxidation sites excluding steroid dienone is 2. The fraction of sp³-hybridized carbons (Fsp3) is 0.700. The van der Waals surface area contributed by atoms with Gasteiger partial charge in [0, 0.05) is 29.0 Å². The molecule has 0 spiro atoms. The van der Waals surface area contributed by atoms with Gasteiger partial charge in [-0.2, -0.15) is 0 Å². The number of aliphatic hydroxyl groups is 1. The van der Waals surface area contributed by atoms with Crippen molar-refractivity contribution >= 4 is 16.7 Å². The average molecular weight is 526 g/mol. The summed E-state index contributed by atoms with van der Waals surface area (Å²) in [4.78, 5) is 16.8. The number of hydrogen-bond donors (Lipinski definition) is 1. The SMILES string of the molecule is COc1cc2c(cc1OC)[C@@]1(C)[C@@H]3[C@@H]4C=C[C@@H](C4)[C@]3(CS(=O)[C@]34CC[C@H](C[C@H]3O)C4(C)C)C(=O)N1CC2. The van der Waals surface area contributed by atoms with Crippen LogP contribution in [0.4, 0.5) is 0 Å². The van der Waals surface area contributed by atoms with Crippen LogP contribution in [0.15, 0.2) is 24.3 Å². The molecule has 2 heterocycles. The first-order valence-corrected chi connectivity index (χ1v) is 15.2. The van der Waals surface area contributed by atoms with E-state index in [1.54, 1.807) is 14.2 Å². The Bertz CT molecular complexity index is 1260. The van der Waals surface area contributed by atoms with Crippen LogP contribution < -0.4 is 9.47 Å². The highest BCUT2D eigenvalue weighted by Crippen LogP contribution is 2.71. The zero-order valence-corrected chi connectivity index (χ0v) is 23.4. The Morgan fingerprint density at radius 2 is 1.84 bits per heavy atom. The molecule has 3 saturated carbocycles. The number of hydrogen-bond acceptors (Lipinski definition) is 5.